The van der Waals surface area contributed by atoms with Gasteiger partial charge in [0.15, 0.2) is 5.78 Å². The molecular weight excluding hydrogens is 504 g/mol. The highest BCUT2D eigenvalue weighted by Crippen LogP contribution is 2.48. The highest BCUT2D eigenvalue weighted by molar-refractivity contribution is 6.30. The maximum atomic E-state index is 14.1. The second kappa shape index (κ2) is 8.72. The van der Waals surface area contributed by atoms with E-state index >= 15 is 0 Å². The number of allylic oxidation sites excluding steroid dienone is 2. The van der Waals surface area contributed by atoms with Gasteiger partial charge in [-0.1, -0.05) is 54.9 Å². The van der Waals surface area contributed by atoms with Gasteiger partial charge in [-0.05, 0) is 85.5 Å². The van der Waals surface area contributed by atoms with Gasteiger partial charge in [-0.25, -0.2) is 4.98 Å². The standard InChI is InChI=1S/C33H33ClN4O/c1-19-18-33(2,3)37(4)27-13-12-21(15-24(19)27)31-30-26(36-32-35-25-10-5-6-11-28(25)38(31)32)16-22(17-29(30)39)20-8-7-9-23(34)14-20/h5-15,19,22,31H,16-18H2,1-4H3,(H,35,36). The molecule has 7 rings (SSSR count). The number of aromatic nitrogens is 2. The summed E-state index contributed by atoms with van der Waals surface area (Å²) in [5, 5.41) is 4.29. The SMILES string of the molecule is CC1CC(C)(C)N(C)c2ccc(C3C4=C(CC(c5cccc(Cl)c5)CC4=O)Nc4nc5ccccc5n43)cc21. The number of ketones is 1. The zero-order valence-corrected chi connectivity index (χ0v) is 23.6. The van der Waals surface area contributed by atoms with Crippen LogP contribution in [0.2, 0.25) is 5.02 Å². The van der Waals surface area contributed by atoms with Crippen molar-refractivity contribution in [2.24, 2.45) is 0 Å². The van der Waals surface area contributed by atoms with Crippen molar-refractivity contribution < 1.29 is 4.79 Å². The molecule has 3 aromatic carbocycles. The number of imidazole rings is 1. The van der Waals surface area contributed by atoms with Crippen molar-refractivity contribution in [2.45, 2.75) is 63.5 Å². The minimum atomic E-state index is -0.228. The van der Waals surface area contributed by atoms with E-state index in [9.17, 15) is 4.79 Å². The van der Waals surface area contributed by atoms with Gasteiger partial charge in [0, 0.05) is 41.0 Å². The Morgan fingerprint density at radius 1 is 1.00 bits per heavy atom. The lowest BCUT2D eigenvalue weighted by Gasteiger charge is -2.46. The van der Waals surface area contributed by atoms with E-state index in [1.54, 1.807) is 0 Å². The maximum Gasteiger partial charge on any atom is 0.209 e. The second-order valence-corrected chi connectivity index (χ2v) is 12.5. The average molecular weight is 537 g/mol. The molecule has 0 spiro atoms. The van der Waals surface area contributed by atoms with Crippen molar-refractivity contribution in [1.29, 1.82) is 0 Å². The number of carbonyl (C=O) groups is 1. The van der Waals surface area contributed by atoms with E-state index < -0.39 is 0 Å². The Bertz CT molecular complexity index is 1680. The summed E-state index contributed by atoms with van der Waals surface area (Å²) in [5.41, 5.74) is 8.77. The largest absolute Gasteiger partial charge is 0.369 e. The van der Waals surface area contributed by atoms with Gasteiger partial charge in [0.1, 0.15) is 0 Å². The molecule has 6 heteroatoms. The number of nitrogens with one attached hydrogen (secondary N) is 1. The monoisotopic (exact) mass is 536 g/mol. The van der Waals surface area contributed by atoms with Gasteiger partial charge >= 0.3 is 0 Å². The Kier molecular flexibility index (Phi) is 5.47. The lowest BCUT2D eigenvalue weighted by molar-refractivity contribution is -0.116. The molecule has 0 radical (unpaired) electrons. The van der Waals surface area contributed by atoms with Gasteiger partial charge in [-0.2, -0.15) is 0 Å². The van der Waals surface area contributed by atoms with Crippen molar-refractivity contribution in [2.75, 3.05) is 17.3 Å². The summed E-state index contributed by atoms with van der Waals surface area (Å²) in [7, 11) is 2.19. The summed E-state index contributed by atoms with van der Waals surface area (Å²) in [5.74, 6) is 1.49. The molecule has 0 bridgehead atoms. The third kappa shape index (κ3) is 3.81. The van der Waals surface area contributed by atoms with E-state index in [1.807, 2.05) is 36.4 Å². The Morgan fingerprint density at radius 2 is 1.82 bits per heavy atom. The van der Waals surface area contributed by atoms with Crippen molar-refractivity contribution >= 4 is 40.1 Å². The van der Waals surface area contributed by atoms with E-state index in [2.05, 4.69) is 72.9 Å². The predicted octanol–water partition coefficient (Wildman–Crippen LogP) is 7.83. The van der Waals surface area contributed by atoms with Gasteiger partial charge in [0.05, 0.1) is 17.1 Å². The molecule has 39 heavy (non-hydrogen) atoms. The van der Waals surface area contributed by atoms with Crippen molar-refractivity contribution in [1.82, 2.24) is 9.55 Å². The maximum absolute atomic E-state index is 14.1. The average Bonchev–Trinajstić information content (AvgIpc) is 3.28. The van der Waals surface area contributed by atoms with Crippen molar-refractivity contribution in [3.8, 4) is 0 Å². The van der Waals surface area contributed by atoms with Crippen molar-refractivity contribution in [3.05, 3.63) is 99.7 Å². The summed E-state index contributed by atoms with van der Waals surface area (Å²) in [6.07, 6.45) is 2.30. The minimum absolute atomic E-state index is 0.0819. The molecule has 3 heterocycles. The molecule has 1 aliphatic carbocycles. The number of rotatable bonds is 2. The van der Waals surface area contributed by atoms with E-state index in [-0.39, 0.29) is 23.3 Å². The summed E-state index contributed by atoms with van der Waals surface area (Å²) < 4.78 is 2.23. The van der Waals surface area contributed by atoms with E-state index in [4.69, 9.17) is 16.6 Å². The first kappa shape index (κ1) is 24.5. The fraction of sp³-hybridized carbons (Fsp3) is 0.333. The molecule has 198 valence electrons. The van der Waals surface area contributed by atoms with Crippen LogP contribution in [0.5, 0.6) is 0 Å². The van der Waals surface area contributed by atoms with Crippen molar-refractivity contribution in [3.63, 3.8) is 0 Å². The van der Waals surface area contributed by atoms with Gasteiger partial charge < -0.3 is 10.2 Å². The number of benzene rings is 3. The highest BCUT2D eigenvalue weighted by atomic mass is 35.5. The number of fused-ring (bicyclic) bond motifs is 4. The summed E-state index contributed by atoms with van der Waals surface area (Å²) in [6.45, 7) is 6.94. The topological polar surface area (TPSA) is 50.2 Å². The van der Waals surface area contributed by atoms with E-state index in [1.165, 1.54) is 11.3 Å². The van der Waals surface area contributed by atoms with Crippen LogP contribution in [-0.4, -0.2) is 27.9 Å². The normalized spacial score (nSPS) is 23.8. The number of hydrogen-bond donors (Lipinski definition) is 1. The van der Waals surface area contributed by atoms with Crippen LogP contribution in [-0.2, 0) is 4.79 Å². The first-order valence-electron chi connectivity index (χ1n) is 13.8. The van der Waals surface area contributed by atoms with Crippen LogP contribution in [0.3, 0.4) is 0 Å². The van der Waals surface area contributed by atoms with Crippen LogP contribution in [0.25, 0.3) is 11.0 Å². The highest BCUT2D eigenvalue weighted by Gasteiger charge is 2.41. The molecule has 3 atom stereocenters. The molecule has 0 fully saturated rings. The number of nitrogens with zero attached hydrogens (tertiary/aromatic N) is 3. The van der Waals surface area contributed by atoms with E-state index in [0.29, 0.717) is 17.4 Å². The first-order chi connectivity index (χ1) is 18.7. The molecule has 4 aromatic rings. The number of Topliss-reactive ketones (excluding diaryl/α,β-unsaturated/α-hetero) is 1. The van der Waals surface area contributed by atoms with Crippen LogP contribution < -0.4 is 10.2 Å². The molecular formula is C33H33ClN4O. The van der Waals surface area contributed by atoms with Crippen LogP contribution in [0.4, 0.5) is 11.6 Å². The Morgan fingerprint density at radius 3 is 2.64 bits per heavy atom. The van der Waals surface area contributed by atoms with Gasteiger partial charge in [0.25, 0.3) is 0 Å². The minimum Gasteiger partial charge on any atom is -0.369 e. The predicted molar refractivity (Wildman–Crippen MR) is 159 cm³/mol. The number of hydrogen-bond acceptors (Lipinski definition) is 4. The third-order valence-electron chi connectivity index (χ3n) is 9.19. The lowest BCUT2D eigenvalue weighted by atomic mass is 9.76. The molecule has 5 nitrogen and oxygen atoms in total. The Balaban J connectivity index is 1.40. The van der Waals surface area contributed by atoms with Gasteiger partial charge in [-0.3, -0.25) is 9.36 Å². The van der Waals surface area contributed by atoms with Crippen LogP contribution in [0.1, 0.15) is 74.6 Å². The molecule has 0 saturated heterocycles. The van der Waals surface area contributed by atoms with Crippen LogP contribution >= 0.6 is 11.6 Å². The number of halogens is 1. The Hall–Kier alpha value is -3.57. The molecule has 0 saturated carbocycles. The molecule has 2 aliphatic heterocycles. The molecule has 1 aromatic heterocycles. The summed E-state index contributed by atoms with van der Waals surface area (Å²) in [4.78, 5) is 21.4. The summed E-state index contributed by atoms with van der Waals surface area (Å²) in [6, 6.07) is 22.7. The smallest absolute Gasteiger partial charge is 0.209 e. The lowest BCUT2D eigenvalue weighted by Crippen LogP contribution is -2.45. The van der Waals surface area contributed by atoms with Gasteiger partial charge in [0.2, 0.25) is 5.95 Å². The first-order valence-corrected chi connectivity index (χ1v) is 14.2. The zero-order chi connectivity index (χ0) is 27.1. The Labute approximate surface area is 234 Å². The quantitative estimate of drug-likeness (QED) is 0.283. The number of carbonyl (C=O) groups excluding carboxylic acids is 1. The zero-order valence-electron chi connectivity index (χ0n) is 22.8. The summed E-state index contributed by atoms with van der Waals surface area (Å²) >= 11 is 6.32. The third-order valence-corrected chi connectivity index (χ3v) is 9.43. The van der Waals surface area contributed by atoms with Gasteiger partial charge in [-0.15, -0.1) is 0 Å². The van der Waals surface area contributed by atoms with Crippen LogP contribution in [0.15, 0.2) is 78.0 Å². The molecule has 3 unspecified atom stereocenters. The van der Waals surface area contributed by atoms with E-state index in [0.717, 1.165) is 52.2 Å². The molecule has 0 amide bonds. The molecule has 3 aliphatic rings. The fourth-order valence-corrected chi connectivity index (χ4v) is 7.30. The van der Waals surface area contributed by atoms with Crippen LogP contribution in [0, 0.1) is 0 Å². The number of anilines is 2. The second-order valence-electron chi connectivity index (χ2n) is 12.1. The number of para-hydroxylation sites is 2. The molecule has 1 N–H and O–H groups in total. The fourth-order valence-electron chi connectivity index (χ4n) is 7.10.